The molecule has 4 aliphatic carbocycles. The maximum Gasteiger partial charge on any atom is 0.147 e. The average molecular weight is 373 g/mol. The topological polar surface area (TPSA) is 26.0 Å². The lowest BCUT2D eigenvalue weighted by atomic mass is 9.47. The van der Waals surface area contributed by atoms with Gasteiger partial charge in [-0.3, -0.25) is 0 Å². The molecule has 5 rings (SSSR count). The summed E-state index contributed by atoms with van der Waals surface area (Å²) in [6, 6.07) is 3.41. The van der Waals surface area contributed by atoms with E-state index in [1.807, 2.05) is 12.1 Å². The van der Waals surface area contributed by atoms with E-state index in [0.29, 0.717) is 10.0 Å². The van der Waals surface area contributed by atoms with Crippen molar-refractivity contribution in [2.75, 3.05) is 0 Å². The lowest BCUT2D eigenvalue weighted by Gasteiger charge is -2.59. The first-order valence-corrected chi connectivity index (χ1v) is 9.04. The third-order valence-electron chi connectivity index (χ3n) is 6.15. The Hall–Kier alpha value is -0.120. The van der Waals surface area contributed by atoms with Gasteiger partial charge in [-0.1, -0.05) is 17.7 Å². The minimum atomic E-state index is -0.339. The van der Waals surface area contributed by atoms with Crippen molar-refractivity contribution in [1.29, 1.82) is 0 Å². The second-order valence-corrected chi connectivity index (χ2v) is 8.75. The summed E-state index contributed by atoms with van der Waals surface area (Å²) in [6.45, 7) is 0. The van der Waals surface area contributed by atoms with Gasteiger partial charge in [-0.25, -0.2) is 4.39 Å². The van der Waals surface area contributed by atoms with Gasteiger partial charge >= 0.3 is 0 Å². The van der Waals surface area contributed by atoms with Crippen LogP contribution in [0.25, 0.3) is 0 Å². The highest BCUT2D eigenvalue weighted by Crippen LogP contribution is 2.63. The zero-order valence-electron chi connectivity index (χ0n) is 11.9. The van der Waals surface area contributed by atoms with Crippen molar-refractivity contribution in [3.63, 3.8) is 0 Å². The van der Waals surface area contributed by atoms with Crippen molar-refractivity contribution >= 4 is 27.5 Å². The molecule has 1 nitrogen and oxygen atoms in total. The molecule has 0 heterocycles. The summed E-state index contributed by atoms with van der Waals surface area (Å²) in [7, 11) is 0. The standard InChI is InChI=1S/C17H20BrClFN/c18-13-2-1-12(15(20)14(13)19)16(21)17-6-9-3-10(7-17)5-11(4-9)8-17/h1-2,9-11,16H,3-8,21H2. The van der Waals surface area contributed by atoms with Crippen LogP contribution in [-0.2, 0) is 0 Å². The number of hydrogen-bond acceptors (Lipinski definition) is 1. The SMILES string of the molecule is NC(c1ccc(Br)c(Cl)c1F)C12CC3CC(CC(C3)C1)C2. The van der Waals surface area contributed by atoms with Gasteiger partial charge in [0.15, 0.2) is 0 Å². The van der Waals surface area contributed by atoms with Crippen molar-refractivity contribution in [2.24, 2.45) is 28.9 Å². The highest BCUT2D eigenvalue weighted by atomic mass is 79.9. The van der Waals surface area contributed by atoms with Gasteiger partial charge in [0.2, 0.25) is 0 Å². The Bertz CT molecular complexity index is 553. The van der Waals surface area contributed by atoms with E-state index in [1.54, 1.807) is 0 Å². The van der Waals surface area contributed by atoms with E-state index in [1.165, 1.54) is 38.5 Å². The van der Waals surface area contributed by atoms with Crippen LogP contribution >= 0.6 is 27.5 Å². The summed E-state index contributed by atoms with van der Waals surface area (Å²) in [6.07, 6.45) is 7.63. The molecule has 114 valence electrons. The third kappa shape index (κ3) is 2.19. The first-order chi connectivity index (χ1) is 9.98. The first-order valence-electron chi connectivity index (χ1n) is 7.87. The van der Waals surface area contributed by atoms with Crippen LogP contribution in [0.3, 0.4) is 0 Å². The van der Waals surface area contributed by atoms with Gasteiger partial charge in [-0.2, -0.15) is 0 Å². The predicted octanol–water partition coefficient (Wildman–Crippen LogP) is 5.46. The van der Waals surface area contributed by atoms with E-state index < -0.39 is 0 Å². The Morgan fingerprint density at radius 2 is 1.67 bits per heavy atom. The molecule has 4 saturated carbocycles. The van der Waals surface area contributed by atoms with Crippen LogP contribution in [0.2, 0.25) is 5.02 Å². The van der Waals surface area contributed by atoms with Crippen LogP contribution in [0.1, 0.15) is 50.1 Å². The molecule has 4 fully saturated rings. The van der Waals surface area contributed by atoms with Crippen molar-refractivity contribution in [3.8, 4) is 0 Å². The highest BCUT2D eigenvalue weighted by molar-refractivity contribution is 9.10. The molecule has 1 aromatic rings. The molecule has 1 atom stereocenters. The lowest BCUT2D eigenvalue weighted by Crippen LogP contribution is -2.51. The molecule has 1 unspecified atom stereocenters. The molecule has 0 spiro atoms. The van der Waals surface area contributed by atoms with Crippen LogP contribution in [0.4, 0.5) is 4.39 Å². The zero-order valence-corrected chi connectivity index (χ0v) is 14.3. The lowest BCUT2D eigenvalue weighted by molar-refractivity contribution is -0.0682. The Balaban J connectivity index is 1.72. The summed E-state index contributed by atoms with van der Waals surface area (Å²) in [5, 5.41) is 0.160. The fourth-order valence-corrected chi connectivity index (χ4v) is 6.15. The Kier molecular flexibility index (Phi) is 3.40. The number of benzene rings is 1. The van der Waals surface area contributed by atoms with Crippen LogP contribution in [0.15, 0.2) is 16.6 Å². The minimum Gasteiger partial charge on any atom is -0.323 e. The van der Waals surface area contributed by atoms with E-state index in [9.17, 15) is 4.39 Å². The van der Waals surface area contributed by atoms with E-state index >= 15 is 0 Å². The molecular weight excluding hydrogens is 353 g/mol. The fourth-order valence-electron chi connectivity index (χ4n) is 5.67. The Morgan fingerprint density at radius 1 is 1.14 bits per heavy atom. The largest absolute Gasteiger partial charge is 0.323 e. The van der Waals surface area contributed by atoms with Gasteiger partial charge in [0, 0.05) is 16.1 Å². The first kappa shape index (κ1) is 14.5. The van der Waals surface area contributed by atoms with E-state index in [-0.39, 0.29) is 22.3 Å². The van der Waals surface area contributed by atoms with Crippen molar-refractivity contribution in [2.45, 2.75) is 44.6 Å². The van der Waals surface area contributed by atoms with E-state index in [0.717, 1.165) is 17.8 Å². The molecule has 2 N–H and O–H groups in total. The van der Waals surface area contributed by atoms with Crippen molar-refractivity contribution in [3.05, 3.63) is 33.0 Å². The van der Waals surface area contributed by atoms with Gasteiger partial charge < -0.3 is 5.73 Å². The van der Waals surface area contributed by atoms with E-state index in [4.69, 9.17) is 17.3 Å². The molecule has 1 aromatic carbocycles. The molecule has 0 aliphatic heterocycles. The second kappa shape index (κ2) is 4.94. The maximum atomic E-state index is 14.6. The number of nitrogens with two attached hydrogens (primary N) is 1. The minimum absolute atomic E-state index is 0.104. The summed E-state index contributed by atoms with van der Waals surface area (Å²) in [5.74, 6) is 2.11. The number of rotatable bonds is 2. The second-order valence-electron chi connectivity index (χ2n) is 7.52. The highest BCUT2D eigenvalue weighted by Gasteiger charge is 2.54. The summed E-state index contributed by atoms with van der Waals surface area (Å²) >= 11 is 9.34. The summed E-state index contributed by atoms with van der Waals surface area (Å²) < 4.78 is 15.2. The Labute approximate surface area is 138 Å². The molecule has 0 saturated heterocycles. The summed E-state index contributed by atoms with van der Waals surface area (Å²) in [5.41, 5.74) is 7.31. The molecule has 0 amide bonds. The zero-order chi connectivity index (χ0) is 14.8. The molecule has 4 heteroatoms. The van der Waals surface area contributed by atoms with Crippen LogP contribution < -0.4 is 5.73 Å². The maximum absolute atomic E-state index is 14.6. The van der Waals surface area contributed by atoms with Crippen LogP contribution in [-0.4, -0.2) is 0 Å². The van der Waals surface area contributed by atoms with Gasteiger partial charge in [0.05, 0.1) is 5.02 Å². The molecule has 4 aliphatic rings. The van der Waals surface area contributed by atoms with Crippen LogP contribution in [0.5, 0.6) is 0 Å². The van der Waals surface area contributed by atoms with Crippen molar-refractivity contribution < 1.29 is 4.39 Å². The molecule has 0 radical (unpaired) electrons. The smallest absolute Gasteiger partial charge is 0.147 e. The van der Waals surface area contributed by atoms with E-state index in [2.05, 4.69) is 15.9 Å². The quantitative estimate of drug-likeness (QED) is 0.686. The van der Waals surface area contributed by atoms with Crippen LogP contribution in [0, 0.1) is 29.0 Å². The predicted molar refractivity (Wildman–Crippen MR) is 86.6 cm³/mol. The molecule has 0 aromatic heterocycles. The number of halogens is 3. The van der Waals surface area contributed by atoms with Gasteiger partial charge in [-0.05, 0) is 83.7 Å². The number of hydrogen-bond donors (Lipinski definition) is 1. The molecule has 21 heavy (non-hydrogen) atoms. The Morgan fingerprint density at radius 3 is 2.19 bits per heavy atom. The van der Waals surface area contributed by atoms with Gasteiger partial charge in [0.1, 0.15) is 5.82 Å². The molecule has 4 bridgehead atoms. The van der Waals surface area contributed by atoms with Gasteiger partial charge in [-0.15, -0.1) is 0 Å². The molecular formula is C17H20BrClFN. The normalized spacial score (nSPS) is 38.8. The fraction of sp³-hybridized carbons (Fsp3) is 0.647. The monoisotopic (exact) mass is 371 g/mol. The van der Waals surface area contributed by atoms with Crippen molar-refractivity contribution in [1.82, 2.24) is 0 Å². The summed E-state index contributed by atoms with van der Waals surface area (Å²) in [4.78, 5) is 0. The average Bonchev–Trinajstić information content (AvgIpc) is 2.43. The van der Waals surface area contributed by atoms with Gasteiger partial charge in [0.25, 0.3) is 0 Å². The third-order valence-corrected chi connectivity index (χ3v) is 7.40.